The molecule has 22 heavy (non-hydrogen) atoms. The summed E-state index contributed by atoms with van der Waals surface area (Å²) in [5, 5.41) is 8.21. The maximum Gasteiger partial charge on any atom is 0.315 e. The van der Waals surface area contributed by atoms with E-state index in [1.54, 1.807) is 12.1 Å². The number of hydrogen-bond acceptors (Lipinski definition) is 2. The van der Waals surface area contributed by atoms with Gasteiger partial charge in [-0.05, 0) is 36.5 Å². The molecule has 2 fully saturated rings. The molecule has 5 nitrogen and oxygen atoms in total. The second-order valence-electron chi connectivity index (χ2n) is 5.99. The van der Waals surface area contributed by atoms with E-state index < -0.39 is 6.04 Å². The molecule has 3 amide bonds. The lowest BCUT2D eigenvalue weighted by Gasteiger charge is -2.26. The summed E-state index contributed by atoms with van der Waals surface area (Å²) in [5.41, 5.74) is 0.916. The zero-order valence-corrected chi connectivity index (χ0v) is 12.3. The standard InChI is InChI=1S/C16H20FN3O2/c17-12-7-5-11(6-8-12)14(10-3-1-2-4-10)20-15(21)13-9-18-16(22)19-13/h5-8,10,13-14H,1-4,9H2,(H,20,21)(H2,18,19,22)/t13-,14+/m1/s1. The van der Waals surface area contributed by atoms with Crippen LogP contribution in [0.1, 0.15) is 37.3 Å². The molecule has 3 N–H and O–H groups in total. The van der Waals surface area contributed by atoms with Crippen LogP contribution in [0.15, 0.2) is 24.3 Å². The van der Waals surface area contributed by atoms with E-state index in [9.17, 15) is 14.0 Å². The quantitative estimate of drug-likeness (QED) is 0.794. The number of hydrogen-bond donors (Lipinski definition) is 3. The van der Waals surface area contributed by atoms with Crippen molar-refractivity contribution in [3.63, 3.8) is 0 Å². The first kappa shape index (κ1) is 14.8. The maximum atomic E-state index is 13.1. The molecule has 1 aliphatic carbocycles. The number of amides is 3. The molecule has 6 heteroatoms. The lowest BCUT2D eigenvalue weighted by Crippen LogP contribution is -2.45. The highest BCUT2D eigenvalue weighted by molar-refractivity contribution is 5.90. The monoisotopic (exact) mass is 305 g/mol. The third-order valence-electron chi connectivity index (χ3n) is 4.49. The predicted octanol–water partition coefficient (Wildman–Crippen LogP) is 1.85. The summed E-state index contributed by atoms with van der Waals surface area (Å²) in [7, 11) is 0. The third kappa shape index (κ3) is 3.21. The van der Waals surface area contributed by atoms with Crippen LogP contribution in [-0.2, 0) is 4.79 Å². The molecule has 2 atom stereocenters. The Bertz CT molecular complexity index is 555. The van der Waals surface area contributed by atoms with Crippen molar-refractivity contribution in [1.29, 1.82) is 0 Å². The Morgan fingerprint density at radius 1 is 1.23 bits per heavy atom. The highest BCUT2D eigenvalue weighted by Gasteiger charge is 2.32. The smallest absolute Gasteiger partial charge is 0.315 e. The van der Waals surface area contributed by atoms with Crippen LogP contribution in [-0.4, -0.2) is 24.5 Å². The second kappa shape index (κ2) is 6.34. The summed E-state index contributed by atoms with van der Waals surface area (Å²) >= 11 is 0. The Hall–Kier alpha value is -2.11. The lowest BCUT2D eigenvalue weighted by molar-refractivity contribution is -0.123. The molecule has 1 heterocycles. The summed E-state index contributed by atoms with van der Waals surface area (Å²) in [5.74, 6) is -0.119. The minimum Gasteiger partial charge on any atom is -0.347 e. The largest absolute Gasteiger partial charge is 0.347 e. The number of urea groups is 1. The van der Waals surface area contributed by atoms with Crippen molar-refractivity contribution in [2.45, 2.75) is 37.8 Å². The van der Waals surface area contributed by atoms with Gasteiger partial charge in [0, 0.05) is 6.54 Å². The van der Waals surface area contributed by atoms with Crippen molar-refractivity contribution in [2.75, 3.05) is 6.54 Å². The fourth-order valence-corrected chi connectivity index (χ4v) is 3.30. The molecule has 0 unspecified atom stereocenters. The van der Waals surface area contributed by atoms with Gasteiger partial charge < -0.3 is 16.0 Å². The molecular weight excluding hydrogens is 285 g/mol. The average Bonchev–Trinajstić information content (AvgIpc) is 3.17. The van der Waals surface area contributed by atoms with Crippen molar-refractivity contribution in [3.05, 3.63) is 35.6 Å². The van der Waals surface area contributed by atoms with Crippen molar-refractivity contribution >= 4 is 11.9 Å². The molecule has 3 rings (SSSR count). The lowest BCUT2D eigenvalue weighted by atomic mass is 9.91. The van der Waals surface area contributed by atoms with Crippen molar-refractivity contribution in [1.82, 2.24) is 16.0 Å². The van der Waals surface area contributed by atoms with Gasteiger partial charge in [-0.1, -0.05) is 25.0 Å². The normalized spacial score (nSPS) is 23.0. The number of carbonyl (C=O) groups is 2. The van der Waals surface area contributed by atoms with Gasteiger partial charge in [0.25, 0.3) is 0 Å². The van der Waals surface area contributed by atoms with Crippen LogP contribution < -0.4 is 16.0 Å². The molecule has 1 aliphatic heterocycles. The third-order valence-corrected chi connectivity index (χ3v) is 4.49. The molecule has 1 saturated carbocycles. The zero-order valence-electron chi connectivity index (χ0n) is 12.3. The zero-order chi connectivity index (χ0) is 15.5. The van der Waals surface area contributed by atoms with Crippen molar-refractivity contribution in [2.24, 2.45) is 5.92 Å². The Morgan fingerprint density at radius 3 is 2.50 bits per heavy atom. The molecular formula is C16H20FN3O2. The summed E-state index contributed by atoms with van der Waals surface area (Å²) in [6.45, 7) is 0.297. The van der Waals surface area contributed by atoms with Crippen LogP contribution in [0, 0.1) is 11.7 Å². The molecule has 1 saturated heterocycles. The average molecular weight is 305 g/mol. The Labute approximate surface area is 128 Å². The number of benzene rings is 1. The van der Waals surface area contributed by atoms with E-state index in [0.717, 1.165) is 31.2 Å². The summed E-state index contributed by atoms with van der Waals surface area (Å²) in [4.78, 5) is 23.5. The number of carbonyl (C=O) groups excluding carboxylic acids is 2. The SMILES string of the molecule is O=C1NC[C@H](C(=O)N[C@H](c2ccc(F)cc2)C2CCCC2)N1. The summed E-state index contributed by atoms with van der Waals surface area (Å²) in [6, 6.07) is 5.29. The van der Waals surface area contributed by atoms with Gasteiger partial charge in [0.15, 0.2) is 0 Å². The highest BCUT2D eigenvalue weighted by atomic mass is 19.1. The number of nitrogens with one attached hydrogen (secondary N) is 3. The number of rotatable bonds is 4. The number of halogens is 1. The second-order valence-corrected chi connectivity index (χ2v) is 5.99. The van der Waals surface area contributed by atoms with Crippen LogP contribution in [0.3, 0.4) is 0 Å². The van der Waals surface area contributed by atoms with Gasteiger partial charge in [0.1, 0.15) is 11.9 Å². The summed E-state index contributed by atoms with van der Waals surface area (Å²) in [6.07, 6.45) is 4.41. The fraction of sp³-hybridized carbons (Fsp3) is 0.500. The molecule has 0 aromatic heterocycles. The Morgan fingerprint density at radius 2 is 1.91 bits per heavy atom. The van der Waals surface area contributed by atoms with Gasteiger partial charge >= 0.3 is 6.03 Å². The van der Waals surface area contributed by atoms with Crippen LogP contribution in [0.2, 0.25) is 0 Å². The Balaban J connectivity index is 1.74. The van der Waals surface area contributed by atoms with Crippen LogP contribution in [0.25, 0.3) is 0 Å². The topological polar surface area (TPSA) is 70.2 Å². The van der Waals surface area contributed by atoms with Gasteiger partial charge in [-0.15, -0.1) is 0 Å². The van der Waals surface area contributed by atoms with E-state index >= 15 is 0 Å². The predicted molar refractivity (Wildman–Crippen MR) is 79.6 cm³/mol. The van der Waals surface area contributed by atoms with Crippen molar-refractivity contribution in [3.8, 4) is 0 Å². The van der Waals surface area contributed by atoms with Gasteiger partial charge in [0.2, 0.25) is 5.91 Å². The van der Waals surface area contributed by atoms with Gasteiger partial charge in [-0.2, -0.15) is 0 Å². The molecule has 1 aromatic rings. The minimum absolute atomic E-state index is 0.131. The fourth-order valence-electron chi connectivity index (χ4n) is 3.30. The molecule has 0 spiro atoms. The molecule has 118 valence electrons. The first-order valence-electron chi connectivity index (χ1n) is 7.73. The van der Waals surface area contributed by atoms with Crippen LogP contribution >= 0.6 is 0 Å². The van der Waals surface area contributed by atoms with Gasteiger partial charge in [0.05, 0.1) is 6.04 Å². The van der Waals surface area contributed by atoms with Crippen molar-refractivity contribution < 1.29 is 14.0 Å². The van der Waals surface area contributed by atoms with Gasteiger partial charge in [-0.3, -0.25) is 4.79 Å². The van der Waals surface area contributed by atoms with E-state index in [1.165, 1.54) is 12.1 Å². The van der Waals surface area contributed by atoms with Crippen LogP contribution in [0.4, 0.5) is 9.18 Å². The molecule has 0 bridgehead atoms. The molecule has 2 aliphatic rings. The van der Waals surface area contributed by atoms with E-state index in [2.05, 4.69) is 16.0 Å². The van der Waals surface area contributed by atoms with Crippen LogP contribution in [0.5, 0.6) is 0 Å². The maximum absolute atomic E-state index is 13.1. The first-order chi connectivity index (χ1) is 10.6. The van der Waals surface area contributed by atoms with E-state index in [4.69, 9.17) is 0 Å². The van der Waals surface area contributed by atoms with E-state index in [0.29, 0.717) is 12.5 Å². The molecule has 1 aromatic carbocycles. The van der Waals surface area contributed by atoms with E-state index in [-0.39, 0.29) is 23.8 Å². The minimum atomic E-state index is -0.545. The van der Waals surface area contributed by atoms with E-state index in [1.807, 2.05) is 0 Å². The van der Waals surface area contributed by atoms with Gasteiger partial charge in [-0.25, -0.2) is 9.18 Å². The Kier molecular flexibility index (Phi) is 4.27. The molecule has 0 radical (unpaired) electrons. The first-order valence-corrected chi connectivity index (χ1v) is 7.73. The highest BCUT2D eigenvalue weighted by Crippen LogP contribution is 2.35. The summed E-state index contributed by atoms with van der Waals surface area (Å²) < 4.78 is 13.1.